The minimum Gasteiger partial charge on any atom is -0.398 e. The molecule has 0 unspecified atom stereocenters. The molecule has 1 aromatic carbocycles. The first-order chi connectivity index (χ1) is 7.49. The van der Waals surface area contributed by atoms with Crippen LogP contribution in [0.3, 0.4) is 0 Å². The Morgan fingerprint density at radius 2 is 2.00 bits per heavy atom. The van der Waals surface area contributed by atoms with Crippen LogP contribution in [0.2, 0.25) is 0 Å². The topological polar surface area (TPSA) is 38.9 Å². The lowest BCUT2D eigenvalue weighted by atomic mass is 10.1. The van der Waals surface area contributed by atoms with Crippen LogP contribution >= 0.6 is 15.9 Å². The van der Waals surface area contributed by atoms with Crippen LogP contribution in [0.15, 0.2) is 22.7 Å². The number of nitrogen functional groups attached to an aromatic ring is 1. The second-order valence-electron chi connectivity index (χ2n) is 3.56. The second kappa shape index (κ2) is 3.97. The quantitative estimate of drug-likeness (QED) is 0.865. The summed E-state index contributed by atoms with van der Waals surface area (Å²) in [5.74, 6) is 0. The summed E-state index contributed by atoms with van der Waals surface area (Å²) < 4.78 is 26.0. The number of alkyl halides is 2. The van der Waals surface area contributed by atoms with Crippen molar-refractivity contribution in [2.75, 3.05) is 5.73 Å². The van der Waals surface area contributed by atoms with Crippen LogP contribution in [0.1, 0.15) is 17.7 Å². The van der Waals surface area contributed by atoms with Gasteiger partial charge in [-0.1, -0.05) is 15.9 Å². The van der Waals surface area contributed by atoms with Crippen molar-refractivity contribution >= 4 is 32.5 Å². The molecule has 1 aromatic heterocycles. The van der Waals surface area contributed by atoms with Crippen molar-refractivity contribution in [1.29, 1.82) is 0 Å². The summed E-state index contributed by atoms with van der Waals surface area (Å²) in [4.78, 5) is 3.93. The molecule has 0 saturated heterocycles. The van der Waals surface area contributed by atoms with Gasteiger partial charge in [-0.2, -0.15) is 0 Å². The van der Waals surface area contributed by atoms with E-state index in [0.29, 0.717) is 16.6 Å². The first-order valence-corrected chi connectivity index (χ1v) is 5.43. The van der Waals surface area contributed by atoms with Gasteiger partial charge in [0.25, 0.3) is 6.43 Å². The van der Waals surface area contributed by atoms with Gasteiger partial charge in [-0.25, -0.2) is 13.8 Å². The van der Waals surface area contributed by atoms with Crippen molar-refractivity contribution < 1.29 is 8.78 Å². The molecule has 1 heterocycles. The van der Waals surface area contributed by atoms with Crippen molar-refractivity contribution in [1.82, 2.24) is 4.98 Å². The molecule has 0 radical (unpaired) electrons. The number of anilines is 1. The lowest BCUT2D eigenvalue weighted by Crippen LogP contribution is -1.97. The third-order valence-electron chi connectivity index (χ3n) is 2.34. The smallest absolute Gasteiger partial charge is 0.280 e. The minimum atomic E-state index is -2.60. The van der Waals surface area contributed by atoms with E-state index in [-0.39, 0.29) is 5.69 Å². The molecule has 84 valence electrons. The van der Waals surface area contributed by atoms with Crippen LogP contribution in [0.5, 0.6) is 0 Å². The zero-order chi connectivity index (χ0) is 11.9. The molecular weight excluding hydrogens is 278 g/mol. The number of aromatic nitrogens is 1. The molecule has 0 bridgehead atoms. The number of pyridine rings is 1. The van der Waals surface area contributed by atoms with Gasteiger partial charge in [0.15, 0.2) is 0 Å². The highest BCUT2D eigenvalue weighted by molar-refractivity contribution is 9.10. The van der Waals surface area contributed by atoms with Crippen LogP contribution in [-0.4, -0.2) is 4.98 Å². The molecule has 2 aromatic rings. The Morgan fingerprint density at radius 1 is 1.31 bits per heavy atom. The molecule has 0 aliphatic heterocycles. The number of halogens is 3. The normalized spacial score (nSPS) is 11.3. The van der Waals surface area contributed by atoms with Crippen LogP contribution in [0, 0.1) is 6.92 Å². The predicted molar refractivity (Wildman–Crippen MR) is 63.5 cm³/mol. The van der Waals surface area contributed by atoms with E-state index >= 15 is 0 Å². The minimum absolute atomic E-state index is 0.282. The van der Waals surface area contributed by atoms with Crippen molar-refractivity contribution in [2.24, 2.45) is 0 Å². The highest BCUT2D eigenvalue weighted by Crippen LogP contribution is 2.30. The molecule has 16 heavy (non-hydrogen) atoms. The van der Waals surface area contributed by atoms with Crippen LogP contribution < -0.4 is 5.73 Å². The first kappa shape index (κ1) is 11.3. The van der Waals surface area contributed by atoms with Gasteiger partial charge in [-0.3, -0.25) is 0 Å². The molecule has 0 aliphatic rings. The summed E-state index contributed by atoms with van der Waals surface area (Å²) in [6.07, 6.45) is -2.60. The fourth-order valence-electron chi connectivity index (χ4n) is 1.61. The zero-order valence-electron chi connectivity index (χ0n) is 8.47. The Bertz CT molecular complexity index is 555. The Hall–Kier alpha value is -1.23. The van der Waals surface area contributed by atoms with Gasteiger partial charge >= 0.3 is 0 Å². The van der Waals surface area contributed by atoms with E-state index in [1.807, 2.05) is 13.0 Å². The number of hydrogen-bond acceptors (Lipinski definition) is 2. The average Bonchev–Trinajstić information content (AvgIpc) is 2.19. The third-order valence-corrected chi connectivity index (χ3v) is 2.80. The molecule has 2 nitrogen and oxygen atoms in total. The molecule has 0 amide bonds. The standard InChI is InChI=1S/C11H9BrF2N2/c1-5-2-6(12)3-7-8(15)4-9(11(13)14)16-10(5)7/h2-4,11H,1H3,(H2,15,16). The average molecular weight is 287 g/mol. The molecular formula is C11H9BrF2N2. The largest absolute Gasteiger partial charge is 0.398 e. The van der Waals surface area contributed by atoms with Crippen molar-refractivity contribution in [3.63, 3.8) is 0 Å². The summed E-state index contributed by atoms with van der Waals surface area (Å²) in [6.45, 7) is 1.81. The van der Waals surface area contributed by atoms with E-state index in [1.165, 1.54) is 6.07 Å². The van der Waals surface area contributed by atoms with E-state index in [9.17, 15) is 8.78 Å². The number of hydrogen-bond donors (Lipinski definition) is 1. The number of fused-ring (bicyclic) bond motifs is 1. The molecule has 0 atom stereocenters. The number of nitrogens with two attached hydrogens (primary N) is 1. The second-order valence-corrected chi connectivity index (χ2v) is 4.47. The van der Waals surface area contributed by atoms with Crippen molar-refractivity contribution in [3.8, 4) is 0 Å². The highest BCUT2D eigenvalue weighted by Gasteiger charge is 2.13. The van der Waals surface area contributed by atoms with Gasteiger partial charge in [-0.05, 0) is 30.7 Å². The fourth-order valence-corrected chi connectivity index (χ4v) is 2.19. The lowest BCUT2D eigenvalue weighted by molar-refractivity contribution is 0.146. The van der Waals surface area contributed by atoms with Gasteiger partial charge in [-0.15, -0.1) is 0 Å². The monoisotopic (exact) mass is 286 g/mol. The SMILES string of the molecule is Cc1cc(Br)cc2c(N)cc(C(F)F)nc12. The molecule has 0 spiro atoms. The zero-order valence-corrected chi connectivity index (χ0v) is 10.1. The maximum atomic E-state index is 12.6. The van der Waals surface area contributed by atoms with Gasteiger partial charge in [0.05, 0.1) is 5.52 Å². The number of rotatable bonds is 1. The summed E-state index contributed by atoms with van der Waals surface area (Å²) in [5, 5.41) is 0.691. The molecule has 2 N–H and O–H groups in total. The van der Waals surface area contributed by atoms with Gasteiger partial charge in [0.2, 0.25) is 0 Å². The van der Waals surface area contributed by atoms with Crippen LogP contribution in [0.25, 0.3) is 10.9 Å². The Labute approximate surface area is 99.6 Å². The molecule has 0 saturated carbocycles. The Balaban J connectivity index is 2.82. The van der Waals surface area contributed by atoms with E-state index in [4.69, 9.17) is 5.73 Å². The number of aryl methyl sites for hydroxylation is 1. The lowest BCUT2D eigenvalue weighted by Gasteiger charge is -2.08. The van der Waals surface area contributed by atoms with E-state index < -0.39 is 6.43 Å². The Morgan fingerprint density at radius 3 is 2.62 bits per heavy atom. The van der Waals surface area contributed by atoms with E-state index in [0.717, 1.165) is 10.0 Å². The van der Waals surface area contributed by atoms with Crippen LogP contribution in [-0.2, 0) is 0 Å². The van der Waals surface area contributed by atoms with Gasteiger partial charge < -0.3 is 5.73 Å². The summed E-state index contributed by atoms with van der Waals surface area (Å²) in [5.41, 5.74) is 7.12. The highest BCUT2D eigenvalue weighted by atomic mass is 79.9. The summed E-state index contributed by atoms with van der Waals surface area (Å²) in [6, 6.07) is 4.82. The molecule has 0 fully saturated rings. The van der Waals surface area contributed by atoms with E-state index in [2.05, 4.69) is 20.9 Å². The van der Waals surface area contributed by atoms with E-state index in [1.54, 1.807) is 6.07 Å². The molecule has 5 heteroatoms. The number of benzene rings is 1. The summed E-state index contributed by atoms with van der Waals surface area (Å²) >= 11 is 3.33. The van der Waals surface area contributed by atoms with Crippen molar-refractivity contribution in [2.45, 2.75) is 13.3 Å². The summed E-state index contributed by atoms with van der Waals surface area (Å²) in [7, 11) is 0. The molecule has 0 aliphatic carbocycles. The Kier molecular flexibility index (Phi) is 2.80. The fraction of sp³-hybridized carbons (Fsp3) is 0.182. The van der Waals surface area contributed by atoms with Crippen molar-refractivity contribution in [3.05, 3.63) is 33.9 Å². The number of nitrogens with zero attached hydrogens (tertiary/aromatic N) is 1. The predicted octanol–water partition coefficient (Wildman–Crippen LogP) is 3.83. The third kappa shape index (κ3) is 1.87. The molecule has 2 rings (SSSR count). The first-order valence-electron chi connectivity index (χ1n) is 4.63. The van der Waals surface area contributed by atoms with Crippen LogP contribution in [0.4, 0.5) is 14.5 Å². The van der Waals surface area contributed by atoms with Gasteiger partial charge in [0, 0.05) is 15.5 Å². The maximum absolute atomic E-state index is 12.6. The maximum Gasteiger partial charge on any atom is 0.280 e. The van der Waals surface area contributed by atoms with Gasteiger partial charge in [0.1, 0.15) is 5.69 Å².